The molecule has 1 aromatic carbocycles. The summed E-state index contributed by atoms with van der Waals surface area (Å²) in [5.41, 5.74) is 0.642. The van der Waals surface area contributed by atoms with Gasteiger partial charge in [0.1, 0.15) is 5.69 Å². The molecule has 4 nitrogen and oxygen atoms in total. The molecule has 0 aliphatic rings. The molecule has 8 heteroatoms. The van der Waals surface area contributed by atoms with E-state index in [1.165, 1.54) is 0 Å². The van der Waals surface area contributed by atoms with Crippen molar-refractivity contribution in [3.8, 4) is 5.69 Å². The van der Waals surface area contributed by atoms with E-state index < -0.39 is 29.2 Å². The molecule has 3 rings (SSSR count). The topological polar surface area (TPSA) is 42.7 Å². The molecule has 0 spiro atoms. The maximum atomic E-state index is 13.5. The summed E-state index contributed by atoms with van der Waals surface area (Å²) < 4.78 is 54.8. The van der Waals surface area contributed by atoms with Gasteiger partial charge in [0.25, 0.3) is 11.9 Å². The van der Waals surface area contributed by atoms with Crippen LogP contribution in [0.5, 0.6) is 0 Å². The van der Waals surface area contributed by atoms with Crippen molar-refractivity contribution in [2.24, 2.45) is 0 Å². The molecule has 0 amide bonds. The van der Waals surface area contributed by atoms with Crippen molar-refractivity contribution < 1.29 is 17.6 Å². The third-order valence-electron chi connectivity index (χ3n) is 3.21. The first-order chi connectivity index (χ1) is 11.1. The van der Waals surface area contributed by atoms with Gasteiger partial charge in [0.05, 0.1) is 6.33 Å². The Morgan fingerprint density at radius 2 is 1.61 bits per heavy atom. The highest BCUT2D eigenvalue weighted by atomic mass is 19.2. The zero-order chi connectivity index (χ0) is 16.4. The minimum absolute atomic E-state index is 0.0130. The number of halogens is 4. The van der Waals surface area contributed by atoms with E-state index in [0.717, 1.165) is 5.69 Å². The highest BCUT2D eigenvalue weighted by molar-refractivity contribution is 5.46. The summed E-state index contributed by atoms with van der Waals surface area (Å²) in [5.74, 6) is -6.50. The first-order valence-electron chi connectivity index (χ1n) is 6.57. The average molecular weight is 322 g/mol. The summed E-state index contributed by atoms with van der Waals surface area (Å²) in [5, 5.41) is 2.34. The number of nitrogens with one attached hydrogen (secondary N) is 1. The Bertz CT molecular complexity index is 790. The molecule has 0 radical (unpaired) electrons. The summed E-state index contributed by atoms with van der Waals surface area (Å²) in [6, 6.07) is 6.98. The lowest BCUT2D eigenvalue weighted by atomic mass is 10.2. The van der Waals surface area contributed by atoms with Crippen molar-refractivity contribution in [2.45, 2.75) is 6.54 Å². The fraction of sp³-hybridized carbons (Fsp3) is 0.0667. The van der Waals surface area contributed by atoms with Crippen LogP contribution in [0.4, 0.5) is 23.2 Å². The minimum Gasteiger partial charge on any atom is -0.376 e. The molecule has 23 heavy (non-hydrogen) atoms. The van der Waals surface area contributed by atoms with E-state index in [2.05, 4.69) is 15.3 Å². The quantitative estimate of drug-likeness (QED) is 0.591. The minimum atomic E-state index is -1.69. The first kappa shape index (κ1) is 15.0. The third-order valence-corrected chi connectivity index (χ3v) is 3.21. The highest BCUT2D eigenvalue weighted by Crippen LogP contribution is 2.22. The van der Waals surface area contributed by atoms with Crippen LogP contribution in [0, 0.1) is 23.5 Å². The van der Waals surface area contributed by atoms with Crippen molar-refractivity contribution in [1.29, 1.82) is 0 Å². The monoisotopic (exact) mass is 322 g/mol. The molecular formula is C15H10F4N4. The van der Waals surface area contributed by atoms with Crippen LogP contribution in [-0.4, -0.2) is 14.5 Å². The number of rotatable bonds is 4. The fourth-order valence-corrected chi connectivity index (χ4v) is 2.03. The Morgan fingerprint density at radius 1 is 0.957 bits per heavy atom. The largest absolute Gasteiger partial charge is 0.376 e. The standard InChI is InChI=1S/C15H10F4N4/c16-11-13(12(17)15(19)22-14(11)18)21-7-9-1-3-10(4-2-9)23-6-5-20-8-23/h1-6,8H,7H2,(H,21,22). The maximum absolute atomic E-state index is 13.5. The van der Waals surface area contributed by atoms with Crippen molar-refractivity contribution in [2.75, 3.05) is 5.32 Å². The lowest BCUT2D eigenvalue weighted by Crippen LogP contribution is -2.09. The van der Waals surface area contributed by atoms with E-state index in [0.29, 0.717) is 5.56 Å². The summed E-state index contributed by atoms with van der Waals surface area (Å²) in [6.07, 6.45) is 5.02. The SMILES string of the molecule is Fc1nc(F)c(F)c(NCc2ccc(-n3ccnc3)cc2)c1F. The van der Waals surface area contributed by atoms with Gasteiger partial charge in [-0.25, -0.2) is 4.98 Å². The lowest BCUT2D eigenvalue weighted by molar-refractivity contribution is 0.410. The van der Waals surface area contributed by atoms with Crippen LogP contribution in [-0.2, 0) is 6.54 Å². The first-order valence-corrected chi connectivity index (χ1v) is 6.57. The number of imidazole rings is 1. The van der Waals surface area contributed by atoms with Crippen LogP contribution in [0.1, 0.15) is 5.56 Å². The van der Waals surface area contributed by atoms with Gasteiger partial charge in [0.2, 0.25) is 11.6 Å². The number of pyridine rings is 1. The summed E-state index contributed by atoms with van der Waals surface area (Å²) in [6.45, 7) is -0.0130. The van der Waals surface area contributed by atoms with Crippen LogP contribution in [0.2, 0.25) is 0 Å². The lowest BCUT2D eigenvalue weighted by Gasteiger charge is -2.10. The van der Waals surface area contributed by atoms with Gasteiger partial charge < -0.3 is 9.88 Å². The second kappa shape index (κ2) is 6.07. The Balaban J connectivity index is 1.77. The van der Waals surface area contributed by atoms with Gasteiger partial charge >= 0.3 is 0 Å². The summed E-state index contributed by atoms with van der Waals surface area (Å²) >= 11 is 0. The highest BCUT2D eigenvalue weighted by Gasteiger charge is 2.20. The van der Waals surface area contributed by atoms with Crippen LogP contribution in [0.25, 0.3) is 5.69 Å². The molecule has 0 fully saturated rings. The van der Waals surface area contributed by atoms with E-state index in [9.17, 15) is 17.6 Å². The maximum Gasteiger partial charge on any atom is 0.253 e. The molecule has 0 saturated heterocycles. The Kier molecular flexibility index (Phi) is 3.96. The van der Waals surface area contributed by atoms with Crippen molar-refractivity contribution in [3.63, 3.8) is 0 Å². The van der Waals surface area contributed by atoms with Crippen molar-refractivity contribution >= 4 is 5.69 Å². The molecule has 3 aromatic rings. The third kappa shape index (κ3) is 3.01. The van der Waals surface area contributed by atoms with Crippen LogP contribution in [0.3, 0.4) is 0 Å². The number of nitrogens with zero attached hydrogens (tertiary/aromatic N) is 3. The normalized spacial score (nSPS) is 10.8. The summed E-state index contributed by atoms with van der Waals surface area (Å²) in [4.78, 5) is 6.42. The van der Waals surface area contributed by atoms with Gasteiger partial charge in [0, 0.05) is 24.6 Å². The van der Waals surface area contributed by atoms with E-state index in [4.69, 9.17) is 0 Å². The second-order valence-corrected chi connectivity index (χ2v) is 4.69. The molecule has 2 aromatic heterocycles. The number of anilines is 1. The number of hydrogen-bond acceptors (Lipinski definition) is 3. The van der Waals surface area contributed by atoms with Crippen LogP contribution < -0.4 is 5.32 Å². The van der Waals surface area contributed by atoms with Gasteiger partial charge in [-0.15, -0.1) is 0 Å². The molecule has 0 aliphatic heterocycles. The summed E-state index contributed by atoms with van der Waals surface area (Å²) in [7, 11) is 0. The Hall–Kier alpha value is -2.90. The molecule has 0 atom stereocenters. The molecule has 1 N–H and O–H groups in total. The number of hydrogen-bond donors (Lipinski definition) is 1. The van der Waals surface area contributed by atoms with Gasteiger partial charge in [0.15, 0.2) is 0 Å². The molecule has 0 aliphatic carbocycles. The van der Waals surface area contributed by atoms with E-state index in [-0.39, 0.29) is 6.54 Å². The average Bonchev–Trinajstić information content (AvgIpc) is 3.08. The molecule has 0 saturated carbocycles. The van der Waals surface area contributed by atoms with E-state index >= 15 is 0 Å². The van der Waals surface area contributed by atoms with Gasteiger partial charge in [-0.3, -0.25) is 0 Å². The van der Waals surface area contributed by atoms with E-state index in [1.807, 2.05) is 0 Å². The predicted octanol–water partition coefficient (Wildman–Crippen LogP) is 3.44. The smallest absolute Gasteiger partial charge is 0.253 e. The fourth-order valence-electron chi connectivity index (χ4n) is 2.03. The van der Waals surface area contributed by atoms with Gasteiger partial charge in [-0.1, -0.05) is 12.1 Å². The zero-order valence-electron chi connectivity index (χ0n) is 11.6. The van der Waals surface area contributed by atoms with Crippen LogP contribution >= 0.6 is 0 Å². The van der Waals surface area contributed by atoms with Gasteiger partial charge in [-0.2, -0.15) is 22.5 Å². The Labute approximate surface area is 128 Å². The van der Waals surface area contributed by atoms with Crippen molar-refractivity contribution in [3.05, 3.63) is 72.1 Å². The molecule has 0 bridgehead atoms. The second-order valence-electron chi connectivity index (χ2n) is 4.69. The predicted molar refractivity (Wildman–Crippen MR) is 75.0 cm³/mol. The Morgan fingerprint density at radius 3 is 2.17 bits per heavy atom. The number of aromatic nitrogens is 3. The van der Waals surface area contributed by atoms with Gasteiger partial charge in [-0.05, 0) is 17.7 Å². The van der Waals surface area contributed by atoms with Crippen LogP contribution in [0.15, 0.2) is 43.0 Å². The zero-order valence-corrected chi connectivity index (χ0v) is 11.6. The molecular weight excluding hydrogens is 312 g/mol. The van der Waals surface area contributed by atoms with Crippen molar-refractivity contribution in [1.82, 2.24) is 14.5 Å². The van der Waals surface area contributed by atoms with E-state index in [1.54, 1.807) is 47.6 Å². The molecule has 2 heterocycles. The number of benzene rings is 1. The molecule has 118 valence electrons. The molecule has 0 unspecified atom stereocenters.